The molecule has 0 atom stereocenters. The molecule has 0 bridgehead atoms. The molecular formula is C16H17ClN2O6. The van der Waals surface area contributed by atoms with E-state index in [4.69, 9.17) is 30.3 Å². The summed E-state index contributed by atoms with van der Waals surface area (Å²) in [7, 11) is 1.43. The van der Waals surface area contributed by atoms with Crippen molar-refractivity contribution in [3.05, 3.63) is 34.5 Å². The van der Waals surface area contributed by atoms with Crippen molar-refractivity contribution in [1.82, 2.24) is 5.16 Å². The summed E-state index contributed by atoms with van der Waals surface area (Å²) in [6.45, 7) is 3.39. The van der Waals surface area contributed by atoms with E-state index in [0.29, 0.717) is 23.9 Å². The zero-order valence-electron chi connectivity index (χ0n) is 13.9. The molecule has 134 valence electrons. The molecule has 0 saturated carbocycles. The molecule has 0 unspecified atom stereocenters. The molecule has 2 aromatic rings. The quantitative estimate of drug-likeness (QED) is 0.750. The number of amides is 1. The summed E-state index contributed by atoms with van der Waals surface area (Å²) in [6.07, 6.45) is 0. The minimum atomic E-state index is -0.727. The molecule has 0 radical (unpaired) electrons. The third-order valence-corrected chi connectivity index (χ3v) is 3.26. The topological polar surface area (TPSA) is 99.9 Å². The second-order valence-electron chi connectivity index (χ2n) is 4.87. The Morgan fingerprint density at radius 1 is 1.32 bits per heavy atom. The molecule has 0 aliphatic heterocycles. The summed E-state index contributed by atoms with van der Waals surface area (Å²) in [5.41, 5.74) is 0.135. The molecule has 0 fully saturated rings. The Morgan fingerprint density at radius 2 is 2.08 bits per heavy atom. The highest BCUT2D eigenvalue weighted by Crippen LogP contribution is 2.36. The van der Waals surface area contributed by atoms with Gasteiger partial charge in [-0.2, -0.15) is 0 Å². The number of hydrogen-bond donors (Lipinski definition) is 1. The van der Waals surface area contributed by atoms with E-state index in [2.05, 4.69) is 10.5 Å². The number of methoxy groups -OCH3 is 1. The van der Waals surface area contributed by atoms with Gasteiger partial charge in [0.1, 0.15) is 5.76 Å². The van der Waals surface area contributed by atoms with Crippen LogP contribution in [0.4, 0.5) is 5.82 Å². The van der Waals surface area contributed by atoms with Crippen LogP contribution in [0, 0.1) is 6.92 Å². The molecule has 9 heteroatoms. The number of carbonyl (C=O) groups excluding carboxylic acids is 2. The molecule has 8 nitrogen and oxygen atoms in total. The van der Waals surface area contributed by atoms with E-state index in [0.717, 1.165) is 0 Å². The van der Waals surface area contributed by atoms with Crippen LogP contribution < -0.4 is 14.8 Å². The van der Waals surface area contributed by atoms with Gasteiger partial charge in [0.2, 0.25) is 0 Å². The summed E-state index contributed by atoms with van der Waals surface area (Å²) in [6, 6.07) is 4.35. The molecule has 0 spiro atoms. The Kier molecular flexibility index (Phi) is 6.24. The molecule has 25 heavy (non-hydrogen) atoms. The summed E-state index contributed by atoms with van der Waals surface area (Å²) < 4.78 is 20.3. The zero-order valence-corrected chi connectivity index (χ0v) is 14.7. The molecular weight excluding hydrogens is 352 g/mol. The van der Waals surface area contributed by atoms with Gasteiger partial charge in [-0.3, -0.25) is 4.79 Å². The van der Waals surface area contributed by atoms with Gasteiger partial charge in [-0.05, 0) is 26.0 Å². The van der Waals surface area contributed by atoms with E-state index in [1.807, 2.05) is 0 Å². The first-order valence-electron chi connectivity index (χ1n) is 7.35. The van der Waals surface area contributed by atoms with Gasteiger partial charge in [-0.15, -0.1) is 0 Å². The lowest BCUT2D eigenvalue weighted by Gasteiger charge is -2.12. The van der Waals surface area contributed by atoms with Crippen molar-refractivity contribution in [3.63, 3.8) is 0 Å². The maximum absolute atomic E-state index is 12.1. The molecule has 1 amide bonds. The van der Waals surface area contributed by atoms with E-state index in [-0.39, 0.29) is 16.4 Å². The predicted molar refractivity (Wildman–Crippen MR) is 89.3 cm³/mol. The number of nitrogens with zero attached hydrogens (tertiary/aromatic N) is 1. The normalized spacial score (nSPS) is 10.2. The number of rotatable bonds is 7. The molecule has 0 aliphatic carbocycles. The molecule has 0 saturated heterocycles. The lowest BCUT2D eigenvalue weighted by atomic mass is 10.2. The lowest BCUT2D eigenvalue weighted by molar-refractivity contribution is -0.119. The van der Waals surface area contributed by atoms with E-state index in [9.17, 15) is 9.59 Å². The van der Waals surface area contributed by atoms with E-state index in [1.54, 1.807) is 13.8 Å². The van der Waals surface area contributed by atoms with Crippen LogP contribution in [-0.4, -0.2) is 37.4 Å². The first-order valence-corrected chi connectivity index (χ1v) is 7.73. The molecule has 1 aromatic carbocycles. The molecule has 2 rings (SSSR count). The monoisotopic (exact) mass is 368 g/mol. The van der Waals surface area contributed by atoms with Crippen molar-refractivity contribution in [3.8, 4) is 11.5 Å². The van der Waals surface area contributed by atoms with E-state index < -0.39 is 18.5 Å². The van der Waals surface area contributed by atoms with Gasteiger partial charge in [0.25, 0.3) is 5.91 Å². The number of halogens is 1. The first-order chi connectivity index (χ1) is 11.9. The Bertz CT molecular complexity index is 774. The maximum Gasteiger partial charge on any atom is 0.338 e. The highest BCUT2D eigenvalue weighted by molar-refractivity contribution is 6.32. The van der Waals surface area contributed by atoms with Gasteiger partial charge >= 0.3 is 5.97 Å². The van der Waals surface area contributed by atoms with E-state index >= 15 is 0 Å². The van der Waals surface area contributed by atoms with Gasteiger partial charge in [0, 0.05) is 6.07 Å². The van der Waals surface area contributed by atoms with Crippen molar-refractivity contribution in [1.29, 1.82) is 0 Å². The summed E-state index contributed by atoms with van der Waals surface area (Å²) in [5, 5.41) is 6.25. The number of benzene rings is 1. The Hall–Kier alpha value is -2.74. The largest absolute Gasteiger partial charge is 0.493 e. The van der Waals surface area contributed by atoms with Gasteiger partial charge in [-0.1, -0.05) is 16.8 Å². The van der Waals surface area contributed by atoms with Crippen molar-refractivity contribution in [2.75, 3.05) is 25.6 Å². The lowest BCUT2D eigenvalue weighted by Crippen LogP contribution is -2.21. The molecule has 1 aromatic heterocycles. The zero-order chi connectivity index (χ0) is 18.4. The van der Waals surface area contributed by atoms with Crippen LogP contribution in [0.15, 0.2) is 22.7 Å². The standard InChI is InChI=1S/C16H17ClN2O6/c1-4-23-15-11(17)6-10(7-12(15)22-3)16(21)24-8-14(20)18-13-5-9(2)25-19-13/h5-7H,4,8H2,1-3H3,(H,18,19,20). The second-order valence-corrected chi connectivity index (χ2v) is 5.28. The summed E-state index contributed by atoms with van der Waals surface area (Å²) >= 11 is 6.10. The minimum absolute atomic E-state index is 0.135. The van der Waals surface area contributed by atoms with Crippen molar-refractivity contribution < 1.29 is 28.3 Å². The van der Waals surface area contributed by atoms with Crippen LogP contribution in [0.1, 0.15) is 23.0 Å². The van der Waals surface area contributed by atoms with Crippen LogP contribution in [0.5, 0.6) is 11.5 Å². The maximum atomic E-state index is 12.1. The third kappa shape index (κ3) is 4.87. The average molecular weight is 369 g/mol. The van der Waals surface area contributed by atoms with Crippen LogP contribution in [0.3, 0.4) is 0 Å². The SMILES string of the molecule is CCOc1c(Cl)cc(C(=O)OCC(=O)Nc2cc(C)on2)cc1OC. The van der Waals surface area contributed by atoms with Gasteiger partial charge in [0.05, 0.1) is 24.3 Å². The fourth-order valence-corrected chi connectivity index (χ4v) is 2.21. The molecule has 1 heterocycles. The number of anilines is 1. The first kappa shape index (κ1) is 18.6. The van der Waals surface area contributed by atoms with Gasteiger partial charge in [-0.25, -0.2) is 4.79 Å². The van der Waals surface area contributed by atoms with Crippen molar-refractivity contribution in [2.24, 2.45) is 0 Å². The third-order valence-electron chi connectivity index (χ3n) is 2.98. The van der Waals surface area contributed by atoms with Crippen molar-refractivity contribution in [2.45, 2.75) is 13.8 Å². The van der Waals surface area contributed by atoms with Crippen molar-refractivity contribution >= 4 is 29.3 Å². The van der Waals surface area contributed by atoms with E-state index in [1.165, 1.54) is 25.3 Å². The highest BCUT2D eigenvalue weighted by Gasteiger charge is 2.18. The molecule has 0 aliphatic rings. The number of aryl methyl sites for hydroxylation is 1. The predicted octanol–water partition coefficient (Wildman–Crippen LogP) is 2.84. The highest BCUT2D eigenvalue weighted by atomic mass is 35.5. The minimum Gasteiger partial charge on any atom is -0.493 e. The second kappa shape index (κ2) is 8.39. The van der Waals surface area contributed by atoms with Crippen LogP contribution in [0.2, 0.25) is 5.02 Å². The molecule has 1 N–H and O–H groups in total. The van der Waals surface area contributed by atoms with Crippen LogP contribution in [-0.2, 0) is 9.53 Å². The van der Waals surface area contributed by atoms with Gasteiger partial charge in [0.15, 0.2) is 23.9 Å². The number of carbonyl (C=O) groups is 2. The number of esters is 1. The average Bonchev–Trinajstić information content (AvgIpc) is 2.99. The summed E-state index contributed by atoms with van der Waals surface area (Å²) in [4.78, 5) is 23.8. The van der Waals surface area contributed by atoms with Gasteiger partial charge < -0.3 is 24.1 Å². The fourth-order valence-electron chi connectivity index (χ4n) is 1.94. The number of aromatic nitrogens is 1. The summed E-state index contributed by atoms with van der Waals surface area (Å²) in [5.74, 6) is 0.138. The number of ether oxygens (including phenoxy) is 3. The number of nitrogens with one attached hydrogen (secondary N) is 1. The fraction of sp³-hybridized carbons (Fsp3) is 0.312. The Balaban J connectivity index is 2.00. The smallest absolute Gasteiger partial charge is 0.338 e. The Morgan fingerprint density at radius 3 is 2.68 bits per heavy atom. The Labute approximate surface area is 149 Å². The van der Waals surface area contributed by atoms with Crippen LogP contribution >= 0.6 is 11.6 Å². The van der Waals surface area contributed by atoms with Crippen LogP contribution in [0.25, 0.3) is 0 Å². The number of hydrogen-bond acceptors (Lipinski definition) is 7.